The number of likely N-dealkylation sites (tertiary alicyclic amines) is 1. The highest BCUT2D eigenvalue weighted by atomic mass is 16.5. The number of pyridine rings is 1. The highest BCUT2D eigenvalue weighted by Gasteiger charge is 2.44. The topological polar surface area (TPSA) is 184 Å². The lowest BCUT2D eigenvalue weighted by Gasteiger charge is -2.39. The zero-order chi connectivity index (χ0) is 41.4. The number of benzene rings is 3. The van der Waals surface area contributed by atoms with E-state index in [9.17, 15) is 24.3 Å². The molecule has 1 aromatic heterocycles. The molecule has 60 heavy (non-hydrogen) atoms. The van der Waals surface area contributed by atoms with E-state index < -0.39 is 11.9 Å². The number of amides is 4. The first-order valence-electron chi connectivity index (χ1n) is 20.6. The predicted octanol–water partition coefficient (Wildman–Crippen LogP) is 3.96. The van der Waals surface area contributed by atoms with Crippen LogP contribution < -0.4 is 21.3 Å². The third-order valence-electron chi connectivity index (χ3n) is 11.7. The third-order valence-corrected chi connectivity index (χ3v) is 11.7. The molecule has 2 saturated heterocycles. The van der Waals surface area contributed by atoms with E-state index in [4.69, 9.17) is 14.2 Å². The van der Waals surface area contributed by atoms with Crippen LogP contribution in [0, 0.1) is 5.92 Å². The Morgan fingerprint density at radius 3 is 2.48 bits per heavy atom. The predicted molar refractivity (Wildman–Crippen MR) is 224 cm³/mol. The monoisotopic (exact) mass is 817 g/mol. The zero-order valence-electron chi connectivity index (χ0n) is 33.4. The summed E-state index contributed by atoms with van der Waals surface area (Å²) in [4.78, 5) is 58.0. The number of aromatic nitrogens is 1. The number of carbonyl (C=O) groups excluding carboxylic acids is 4. The molecule has 4 amide bonds. The number of hydrogen-bond acceptors (Lipinski definition) is 12. The second-order valence-corrected chi connectivity index (χ2v) is 15.5. The van der Waals surface area contributed by atoms with Gasteiger partial charge in [0.05, 0.1) is 45.7 Å². The Morgan fingerprint density at radius 2 is 1.67 bits per heavy atom. The van der Waals surface area contributed by atoms with E-state index in [1.165, 1.54) is 16.0 Å². The molecule has 4 atom stereocenters. The maximum absolute atomic E-state index is 13.1. The number of ether oxygens (including phenoxy) is 3. The van der Waals surface area contributed by atoms with Crippen molar-refractivity contribution in [3.8, 4) is 11.1 Å². The largest absolute Gasteiger partial charge is 0.394 e. The lowest BCUT2D eigenvalue weighted by Crippen LogP contribution is -2.52. The molecule has 1 unspecified atom stereocenters. The molecule has 4 aliphatic rings. The average Bonchev–Trinajstić information content (AvgIpc) is 3.84. The lowest BCUT2D eigenvalue weighted by atomic mass is 9.82. The summed E-state index contributed by atoms with van der Waals surface area (Å²) in [7, 11) is 0. The van der Waals surface area contributed by atoms with E-state index >= 15 is 0 Å². The molecular formula is C45H51N7O8. The SMILES string of the molecule is O=C1CCC(N2Cc3c(NCCOCCOCCOCC(=O)Nc4cccc(-c5ccc6c(c5)[C@H]5[C@H](CCN5Cc5ccncc5)[C@@H](CO)N6)c4)cccc3C2=O)C(=O)N1. The molecule has 5 N–H and O–H groups in total. The lowest BCUT2D eigenvalue weighted by molar-refractivity contribution is -0.137. The number of fused-ring (bicyclic) bond motifs is 4. The molecule has 0 bridgehead atoms. The first kappa shape index (κ1) is 41.0. The molecule has 0 radical (unpaired) electrons. The van der Waals surface area contributed by atoms with E-state index in [0.717, 1.165) is 47.6 Å². The molecule has 3 aromatic carbocycles. The Kier molecular flexibility index (Phi) is 13.1. The van der Waals surface area contributed by atoms with Gasteiger partial charge in [0.15, 0.2) is 0 Å². The molecule has 5 heterocycles. The number of anilines is 3. The quantitative estimate of drug-likeness (QED) is 0.0721. The molecule has 0 saturated carbocycles. The van der Waals surface area contributed by atoms with Gasteiger partial charge in [0, 0.05) is 78.6 Å². The van der Waals surface area contributed by atoms with E-state index in [0.29, 0.717) is 63.1 Å². The van der Waals surface area contributed by atoms with Gasteiger partial charge in [-0.25, -0.2) is 0 Å². The molecule has 4 aromatic rings. The molecule has 2 fully saturated rings. The number of rotatable bonds is 18. The number of aliphatic hydroxyl groups excluding tert-OH is 1. The maximum Gasteiger partial charge on any atom is 0.255 e. The summed E-state index contributed by atoms with van der Waals surface area (Å²) in [6, 6.07) is 23.3. The van der Waals surface area contributed by atoms with Crippen molar-refractivity contribution < 1.29 is 38.5 Å². The van der Waals surface area contributed by atoms with E-state index in [1.807, 2.05) is 42.7 Å². The van der Waals surface area contributed by atoms with E-state index in [-0.39, 0.29) is 56.0 Å². The summed E-state index contributed by atoms with van der Waals surface area (Å²) >= 11 is 0. The fraction of sp³-hybridized carbons (Fsp3) is 0.400. The number of piperidine rings is 1. The first-order valence-corrected chi connectivity index (χ1v) is 20.6. The van der Waals surface area contributed by atoms with Gasteiger partial charge in [-0.2, -0.15) is 0 Å². The van der Waals surface area contributed by atoms with Crippen LogP contribution in [0.5, 0.6) is 0 Å². The smallest absolute Gasteiger partial charge is 0.255 e. The Labute approximate surface area is 348 Å². The standard InChI is InChI=1S/C45H51N7O8/c53-27-39-34-13-17-51(25-29-11-14-46-15-12-29)43(34)35-24-31(7-8-38(35)49-39)30-3-1-4-32(23-30)48-42(55)28-60-22-21-59-20-19-58-18-16-47-37-6-2-5-33-36(37)26-52(45(33)57)40-9-10-41(54)50-44(40)56/h1-8,11-12,14-15,23-24,34,39-40,43,47,49,53H,9-10,13,16-22,25-28H2,(H,48,55)(H,50,54,56)/t34-,39-,40?,43-/m1/s1. The summed E-state index contributed by atoms with van der Waals surface area (Å²) < 4.78 is 16.9. The normalized spacial score (nSPS) is 20.9. The van der Waals surface area contributed by atoms with Crippen LogP contribution in [0.3, 0.4) is 0 Å². The molecule has 8 rings (SSSR count). The Bertz CT molecular complexity index is 2190. The molecule has 4 aliphatic heterocycles. The fourth-order valence-electron chi connectivity index (χ4n) is 8.82. The van der Waals surface area contributed by atoms with Crippen molar-refractivity contribution in [2.45, 2.75) is 50.5 Å². The number of hydrogen-bond donors (Lipinski definition) is 5. The summed E-state index contributed by atoms with van der Waals surface area (Å²) in [6.07, 6.45) is 5.19. The number of nitrogens with one attached hydrogen (secondary N) is 4. The molecule has 0 aliphatic carbocycles. The zero-order valence-corrected chi connectivity index (χ0v) is 33.4. The van der Waals surface area contributed by atoms with Crippen molar-refractivity contribution in [2.75, 3.05) is 75.3 Å². The van der Waals surface area contributed by atoms with E-state index in [1.54, 1.807) is 12.1 Å². The van der Waals surface area contributed by atoms with Crippen LogP contribution in [0.1, 0.15) is 52.4 Å². The molecule has 15 nitrogen and oxygen atoms in total. The Morgan fingerprint density at radius 1 is 0.883 bits per heavy atom. The van der Waals surface area contributed by atoms with Crippen LogP contribution in [0.4, 0.5) is 17.1 Å². The van der Waals surface area contributed by atoms with Gasteiger partial charge in [-0.15, -0.1) is 0 Å². The third kappa shape index (κ3) is 9.35. The Hall–Kier alpha value is -5.71. The van der Waals surface area contributed by atoms with Crippen molar-refractivity contribution in [3.63, 3.8) is 0 Å². The van der Waals surface area contributed by atoms with Crippen LogP contribution in [0.2, 0.25) is 0 Å². The van der Waals surface area contributed by atoms with Crippen LogP contribution >= 0.6 is 0 Å². The molecular weight excluding hydrogens is 767 g/mol. The summed E-state index contributed by atoms with van der Waals surface area (Å²) in [5.74, 6) is -0.923. The van der Waals surface area contributed by atoms with E-state index in [2.05, 4.69) is 61.5 Å². The number of aliphatic hydroxyl groups is 1. The van der Waals surface area contributed by atoms with Gasteiger partial charge in [-0.05, 0) is 90.2 Å². The van der Waals surface area contributed by atoms with Crippen LogP contribution in [-0.2, 0) is 41.7 Å². The highest BCUT2D eigenvalue weighted by molar-refractivity contribution is 6.06. The number of imide groups is 1. The van der Waals surface area contributed by atoms with Crippen molar-refractivity contribution in [3.05, 3.63) is 107 Å². The van der Waals surface area contributed by atoms with Crippen LogP contribution in [-0.4, -0.2) is 115 Å². The minimum absolute atomic E-state index is 0.000248. The van der Waals surface area contributed by atoms with Crippen LogP contribution in [0.25, 0.3) is 11.1 Å². The van der Waals surface area contributed by atoms with Gasteiger partial charge in [0.1, 0.15) is 12.6 Å². The highest BCUT2D eigenvalue weighted by Crippen LogP contribution is 2.48. The molecule has 314 valence electrons. The van der Waals surface area contributed by atoms with Gasteiger partial charge >= 0.3 is 0 Å². The summed E-state index contributed by atoms with van der Waals surface area (Å²) in [5.41, 5.74) is 8.38. The van der Waals surface area contributed by atoms with Gasteiger partial charge < -0.3 is 40.2 Å². The molecule has 15 heteroatoms. The van der Waals surface area contributed by atoms with Gasteiger partial charge in [-0.3, -0.25) is 34.4 Å². The number of nitrogens with zero attached hydrogens (tertiary/aromatic N) is 3. The van der Waals surface area contributed by atoms with Gasteiger partial charge in [0.2, 0.25) is 17.7 Å². The second kappa shape index (κ2) is 19.1. The molecule has 0 spiro atoms. The number of carbonyl (C=O) groups is 4. The summed E-state index contributed by atoms with van der Waals surface area (Å²) in [5, 5.41) is 22.4. The minimum Gasteiger partial charge on any atom is -0.394 e. The van der Waals surface area contributed by atoms with Gasteiger partial charge in [0.25, 0.3) is 5.91 Å². The maximum atomic E-state index is 13.1. The van der Waals surface area contributed by atoms with Crippen molar-refractivity contribution in [2.24, 2.45) is 5.92 Å². The van der Waals surface area contributed by atoms with Gasteiger partial charge in [-0.1, -0.05) is 24.3 Å². The fourth-order valence-corrected chi connectivity index (χ4v) is 8.82. The average molecular weight is 818 g/mol. The summed E-state index contributed by atoms with van der Waals surface area (Å²) in [6.45, 7) is 4.27. The Balaban J connectivity index is 0.734. The van der Waals surface area contributed by atoms with Crippen molar-refractivity contribution in [1.82, 2.24) is 20.1 Å². The second-order valence-electron chi connectivity index (χ2n) is 15.5. The minimum atomic E-state index is -0.657. The van der Waals surface area contributed by atoms with Crippen molar-refractivity contribution >= 4 is 40.7 Å². The first-order chi connectivity index (χ1) is 29.4. The van der Waals surface area contributed by atoms with Crippen molar-refractivity contribution in [1.29, 1.82) is 0 Å². The van der Waals surface area contributed by atoms with Crippen LogP contribution in [0.15, 0.2) is 85.2 Å².